The summed E-state index contributed by atoms with van der Waals surface area (Å²) in [6.45, 7) is 0. The molecule has 2 rings (SSSR count). The molecule has 62 valence electrons. The van der Waals surface area contributed by atoms with Crippen LogP contribution in [-0.2, 0) is 5.33 Å². The number of halogens is 1. The molecule has 12 heavy (non-hydrogen) atoms. The van der Waals surface area contributed by atoms with Crippen LogP contribution in [0.5, 0.6) is 5.75 Å². The van der Waals surface area contributed by atoms with E-state index < -0.39 is 0 Å². The quantitative estimate of drug-likeness (QED) is 0.759. The topological polar surface area (TPSA) is 33.4 Å². The molecule has 0 aliphatic carbocycles. The molecule has 0 radical (unpaired) electrons. The van der Waals surface area contributed by atoms with Crippen molar-refractivity contribution in [1.82, 2.24) is 0 Å². The number of aromatic hydroxyl groups is 1. The Hall–Kier alpha value is -0.960. The lowest BCUT2D eigenvalue weighted by atomic mass is 10.2. The van der Waals surface area contributed by atoms with E-state index in [-0.39, 0.29) is 5.75 Å². The van der Waals surface area contributed by atoms with Crippen molar-refractivity contribution in [2.45, 2.75) is 5.33 Å². The van der Waals surface area contributed by atoms with Crippen molar-refractivity contribution < 1.29 is 9.52 Å². The minimum atomic E-state index is 0.202. The number of para-hydroxylation sites is 1. The van der Waals surface area contributed by atoms with Gasteiger partial charge in [0.2, 0.25) is 0 Å². The Morgan fingerprint density at radius 2 is 2.25 bits per heavy atom. The van der Waals surface area contributed by atoms with E-state index in [2.05, 4.69) is 15.9 Å². The van der Waals surface area contributed by atoms with Crippen LogP contribution in [0.1, 0.15) is 5.56 Å². The van der Waals surface area contributed by atoms with Gasteiger partial charge in [0.25, 0.3) is 0 Å². The minimum Gasteiger partial charge on any atom is -0.504 e. The molecule has 1 aromatic heterocycles. The third-order valence-corrected chi connectivity index (χ3v) is 2.41. The maximum Gasteiger partial charge on any atom is 0.161 e. The predicted molar refractivity (Wildman–Crippen MR) is 50.5 cm³/mol. The fourth-order valence-corrected chi connectivity index (χ4v) is 1.65. The molecular weight excluding hydrogens is 220 g/mol. The van der Waals surface area contributed by atoms with Gasteiger partial charge in [0.1, 0.15) is 11.8 Å². The van der Waals surface area contributed by atoms with Crippen molar-refractivity contribution in [3.8, 4) is 5.75 Å². The first-order valence-electron chi connectivity index (χ1n) is 3.57. The summed E-state index contributed by atoms with van der Waals surface area (Å²) in [5, 5.41) is 10.8. The molecule has 0 saturated carbocycles. The summed E-state index contributed by atoms with van der Waals surface area (Å²) in [4.78, 5) is 0. The van der Waals surface area contributed by atoms with Crippen LogP contribution in [0.4, 0.5) is 0 Å². The molecule has 2 aromatic rings. The van der Waals surface area contributed by atoms with Crippen LogP contribution in [0.15, 0.2) is 28.9 Å². The van der Waals surface area contributed by atoms with Gasteiger partial charge in [-0.15, -0.1) is 0 Å². The highest BCUT2D eigenvalue weighted by atomic mass is 79.9. The molecule has 0 aliphatic rings. The van der Waals surface area contributed by atoms with Gasteiger partial charge >= 0.3 is 0 Å². The Morgan fingerprint density at radius 3 is 3.00 bits per heavy atom. The average Bonchev–Trinajstić information content (AvgIpc) is 2.48. The monoisotopic (exact) mass is 226 g/mol. The van der Waals surface area contributed by atoms with Gasteiger partial charge in [0.05, 0.1) is 5.39 Å². The lowest BCUT2D eigenvalue weighted by molar-refractivity contribution is 0.464. The maximum absolute atomic E-state index is 9.32. The summed E-state index contributed by atoms with van der Waals surface area (Å²) in [7, 11) is 0. The maximum atomic E-state index is 9.32. The number of furan rings is 1. The number of alkyl halides is 1. The molecule has 2 nitrogen and oxygen atoms in total. The van der Waals surface area contributed by atoms with E-state index in [1.54, 1.807) is 0 Å². The lowest BCUT2D eigenvalue weighted by Crippen LogP contribution is -1.76. The molecule has 0 aliphatic heterocycles. The molecule has 0 saturated heterocycles. The first-order valence-corrected chi connectivity index (χ1v) is 4.69. The third-order valence-electron chi connectivity index (χ3n) is 1.80. The second-order valence-electron chi connectivity index (χ2n) is 2.55. The molecule has 1 aromatic carbocycles. The van der Waals surface area contributed by atoms with E-state index in [4.69, 9.17) is 4.42 Å². The molecule has 0 unspecified atom stereocenters. The average molecular weight is 227 g/mol. The zero-order valence-corrected chi connectivity index (χ0v) is 7.84. The highest BCUT2D eigenvalue weighted by Gasteiger charge is 2.06. The largest absolute Gasteiger partial charge is 0.504 e. The van der Waals surface area contributed by atoms with Gasteiger partial charge in [0, 0.05) is 10.9 Å². The Labute approximate surface area is 77.9 Å². The molecule has 3 heteroatoms. The van der Waals surface area contributed by atoms with Crippen molar-refractivity contribution in [3.05, 3.63) is 30.0 Å². The van der Waals surface area contributed by atoms with Gasteiger partial charge in [-0.25, -0.2) is 0 Å². The molecule has 0 amide bonds. The second-order valence-corrected chi connectivity index (χ2v) is 3.11. The molecule has 0 bridgehead atoms. The molecule has 1 heterocycles. The number of hydrogen-bond acceptors (Lipinski definition) is 2. The van der Waals surface area contributed by atoms with Crippen LogP contribution in [-0.4, -0.2) is 5.11 Å². The number of fused-ring (bicyclic) bond motifs is 1. The summed E-state index contributed by atoms with van der Waals surface area (Å²) in [6, 6.07) is 5.69. The van der Waals surface area contributed by atoms with E-state index in [1.807, 2.05) is 18.2 Å². The zero-order chi connectivity index (χ0) is 8.55. The SMILES string of the molecule is Oc1coc2c(CBr)cccc12. The van der Waals surface area contributed by atoms with Crippen LogP contribution in [0.25, 0.3) is 11.0 Å². The molecule has 1 N–H and O–H groups in total. The summed E-state index contributed by atoms with van der Waals surface area (Å²) in [5.41, 5.74) is 1.81. The first-order chi connectivity index (χ1) is 5.83. The van der Waals surface area contributed by atoms with Crippen molar-refractivity contribution in [2.75, 3.05) is 0 Å². The highest BCUT2D eigenvalue weighted by Crippen LogP contribution is 2.29. The highest BCUT2D eigenvalue weighted by molar-refractivity contribution is 9.08. The Balaban J connectivity index is 2.81. The lowest BCUT2D eigenvalue weighted by Gasteiger charge is -1.94. The van der Waals surface area contributed by atoms with E-state index in [0.717, 1.165) is 21.9 Å². The Bertz CT molecular complexity index is 406. The van der Waals surface area contributed by atoms with Crippen LogP contribution < -0.4 is 0 Å². The molecule has 0 spiro atoms. The fraction of sp³-hybridized carbons (Fsp3) is 0.111. The number of benzene rings is 1. The van der Waals surface area contributed by atoms with Gasteiger partial charge in [0.15, 0.2) is 5.75 Å². The third kappa shape index (κ3) is 1.01. The van der Waals surface area contributed by atoms with Gasteiger partial charge in [-0.3, -0.25) is 0 Å². The van der Waals surface area contributed by atoms with Crippen LogP contribution in [0.2, 0.25) is 0 Å². The van der Waals surface area contributed by atoms with Crippen molar-refractivity contribution in [2.24, 2.45) is 0 Å². The van der Waals surface area contributed by atoms with Gasteiger partial charge in [-0.1, -0.05) is 28.1 Å². The van der Waals surface area contributed by atoms with Crippen molar-refractivity contribution in [1.29, 1.82) is 0 Å². The number of hydrogen-bond donors (Lipinski definition) is 1. The smallest absolute Gasteiger partial charge is 0.161 e. The van der Waals surface area contributed by atoms with E-state index in [0.29, 0.717) is 0 Å². The van der Waals surface area contributed by atoms with Gasteiger partial charge < -0.3 is 9.52 Å². The normalized spacial score (nSPS) is 10.8. The standard InChI is InChI=1S/C9H7BrO2/c10-4-6-2-1-3-7-8(11)5-12-9(6)7/h1-3,5,11H,4H2. The van der Waals surface area contributed by atoms with E-state index >= 15 is 0 Å². The Morgan fingerprint density at radius 1 is 1.42 bits per heavy atom. The summed E-state index contributed by atoms with van der Waals surface area (Å²) >= 11 is 3.35. The molecular formula is C9H7BrO2. The van der Waals surface area contributed by atoms with Crippen molar-refractivity contribution in [3.63, 3.8) is 0 Å². The van der Waals surface area contributed by atoms with Crippen LogP contribution >= 0.6 is 15.9 Å². The Kier molecular flexibility index (Phi) is 1.81. The molecule has 0 fully saturated rings. The molecule has 0 atom stereocenters. The van der Waals surface area contributed by atoms with Gasteiger partial charge in [-0.2, -0.15) is 0 Å². The zero-order valence-electron chi connectivity index (χ0n) is 6.25. The summed E-state index contributed by atoms with van der Waals surface area (Å²) in [6.07, 6.45) is 1.36. The second kappa shape index (κ2) is 2.83. The van der Waals surface area contributed by atoms with Gasteiger partial charge in [-0.05, 0) is 6.07 Å². The van der Waals surface area contributed by atoms with Crippen LogP contribution in [0, 0.1) is 0 Å². The van der Waals surface area contributed by atoms with Crippen molar-refractivity contribution >= 4 is 26.9 Å². The van der Waals surface area contributed by atoms with Crippen LogP contribution in [0.3, 0.4) is 0 Å². The minimum absolute atomic E-state index is 0.202. The van der Waals surface area contributed by atoms with E-state index in [9.17, 15) is 5.11 Å². The predicted octanol–water partition coefficient (Wildman–Crippen LogP) is 3.03. The summed E-state index contributed by atoms with van der Waals surface area (Å²) < 4.78 is 5.19. The summed E-state index contributed by atoms with van der Waals surface area (Å²) in [5.74, 6) is 0.202. The van der Waals surface area contributed by atoms with E-state index in [1.165, 1.54) is 6.26 Å². The number of rotatable bonds is 1. The fourth-order valence-electron chi connectivity index (χ4n) is 1.21. The first kappa shape index (κ1) is 7.68.